The molecule has 2 radical (unpaired) electrons. The Morgan fingerprint density at radius 3 is 1.07 bits per heavy atom. The van der Waals surface area contributed by atoms with Crippen LogP contribution in [0.5, 0.6) is 0 Å². The summed E-state index contributed by atoms with van der Waals surface area (Å²) in [6.07, 6.45) is 0. The quantitative estimate of drug-likeness (QED) is 0.0925. The van der Waals surface area contributed by atoms with E-state index in [1.54, 1.807) is 0 Å². The fraction of sp³-hybridized carbons (Fsp3) is 0.0400. The molecule has 10 rings (SSSR count). The van der Waals surface area contributed by atoms with Crippen molar-refractivity contribution < 1.29 is 23.3 Å². The summed E-state index contributed by atoms with van der Waals surface area (Å²) in [4.78, 5) is 0. The molecule has 0 amide bonds. The molecule has 0 bridgehead atoms. The van der Waals surface area contributed by atoms with Gasteiger partial charge in [0.05, 0.1) is 0 Å². The Morgan fingerprint density at radius 2 is 0.685 bits per heavy atom. The summed E-state index contributed by atoms with van der Waals surface area (Å²) in [5.74, 6) is 0. The third-order valence-electron chi connectivity index (χ3n) is 9.91. The Balaban J connectivity index is 0.000000215. The van der Waals surface area contributed by atoms with Crippen LogP contribution in [-0.4, -0.2) is 6.88 Å². The van der Waals surface area contributed by atoms with Gasteiger partial charge in [-0.15, -0.1) is 93.9 Å². The molecule has 268 valence electrons. The topological polar surface area (TPSA) is 0 Å². The van der Waals surface area contributed by atoms with E-state index in [0.717, 1.165) is 0 Å². The summed E-state index contributed by atoms with van der Waals surface area (Å²) in [7, 11) is 0. The first kappa shape index (κ1) is 42.4. The van der Waals surface area contributed by atoms with Crippen LogP contribution in [0, 0.1) is 28.7 Å². The van der Waals surface area contributed by atoms with Gasteiger partial charge in [0.25, 0.3) is 0 Å². The minimum absolute atomic E-state index is 0. The van der Waals surface area contributed by atoms with Crippen LogP contribution in [0.3, 0.4) is 0 Å². The fourth-order valence-corrected chi connectivity index (χ4v) is 7.79. The molecule has 54 heavy (non-hydrogen) atoms. The molecule has 0 N–H and O–H groups in total. The van der Waals surface area contributed by atoms with E-state index in [0.29, 0.717) is 0 Å². The molecule has 0 spiro atoms. The van der Waals surface area contributed by atoms with Gasteiger partial charge < -0.3 is 14.9 Å². The normalized spacial score (nSPS) is 10.3. The predicted octanol–water partition coefficient (Wildman–Crippen LogP) is 15.0. The molecule has 0 atom stereocenters. The van der Waals surface area contributed by atoms with Crippen LogP contribution in [0.2, 0.25) is 0 Å². The maximum atomic E-state index is 3.06. The molecule has 0 heterocycles. The van der Waals surface area contributed by atoms with E-state index in [9.17, 15) is 0 Å². The zero-order chi connectivity index (χ0) is 34.2. The molecule has 0 aromatic heterocycles. The van der Waals surface area contributed by atoms with Crippen LogP contribution in [-0.2, 0) is 23.3 Å². The third-order valence-corrected chi connectivity index (χ3v) is 9.91. The van der Waals surface area contributed by atoms with Gasteiger partial charge in [-0.05, 0) is 66.3 Å². The standard InChI is InChI=1S/2C24H17.2CH3.2ClH.Si.Zr/c2*1-16-13-17-8-6-12-22(23(17)14-16)24-15-18-7-2-3-9-19(18)20-10-4-5-11-21(20)24;;;;;;/h2*2-15H,1H3;2*1H3;2*1H;;/q4*-1;;;;. The molecule has 0 saturated carbocycles. The van der Waals surface area contributed by atoms with Crippen molar-refractivity contribution in [2.24, 2.45) is 0 Å². The van der Waals surface area contributed by atoms with Crippen LogP contribution >= 0.6 is 24.8 Å². The van der Waals surface area contributed by atoms with E-state index < -0.39 is 0 Å². The van der Waals surface area contributed by atoms with E-state index in [1.165, 1.54) is 121 Å². The second kappa shape index (κ2) is 18.4. The Bertz CT molecular complexity index is 2650. The van der Waals surface area contributed by atoms with Gasteiger partial charge in [0.2, 0.25) is 0 Å². The second-order valence-electron chi connectivity index (χ2n) is 13.1. The van der Waals surface area contributed by atoms with Crippen molar-refractivity contribution in [3.63, 3.8) is 0 Å². The molecular weight excluding hydrogens is 791 g/mol. The summed E-state index contributed by atoms with van der Waals surface area (Å²) < 4.78 is 0. The molecule has 0 aliphatic carbocycles. The number of hydrogen-bond acceptors (Lipinski definition) is 0. The van der Waals surface area contributed by atoms with E-state index >= 15 is 0 Å². The maximum absolute atomic E-state index is 3.06. The zero-order valence-corrected chi connectivity index (χ0v) is 36.1. The van der Waals surface area contributed by atoms with Gasteiger partial charge in [-0.25, -0.2) is 0 Å². The number of aryl methyl sites for hydroxylation is 2. The zero-order valence-electron chi connectivity index (χ0n) is 31.0. The monoisotopic (exact) mass is 830 g/mol. The van der Waals surface area contributed by atoms with Gasteiger partial charge in [0, 0.05) is 0 Å². The number of hydrogen-bond donors (Lipinski definition) is 0. The third kappa shape index (κ3) is 7.77. The van der Waals surface area contributed by atoms with E-state index in [4.69, 9.17) is 0 Å². The van der Waals surface area contributed by atoms with E-state index in [-0.39, 0.29) is 39.7 Å². The summed E-state index contributed by atoms with van der Waals surface area (Å²) in [6, 6.07) is 61.9. The molecule has 0 nitrogen and oxygen atoms in total. The summed E-state index contributed by atoms with van der Waals surface area (Å²) in [5.41, 5.74) is 7.93. The summed E-state index contributed by atoms with van der Waals surface area (Å²) in [5, 5.41) is 15.9. The van der Waals surface area contributed by atoms with Crippen molar-refractivity contribution in [3.05, 3.63) is 196 Å². The average molecular weight is 833 g/mol. The number of fused-ring (bicyclic) bond motifs is 8. The predicted molar refractivity (Wildman–Crippen MR) is 243 cm³/mol. The van der Waals surface area contributed by atoms with Crippen LogP contribution in [0.15, 0.2) is 170 Å². The molecule has 10 aromatic carbocycles. The van der Waals surface area contributed by atoms with E-state index in [2.05, 4.69) is 191 Å². The molecule has 0 aliphatic heterocycles. The van der Waals surface area contributed by atoms with Gasteiger partial charge in [0.1, 0.15) is 0 Å². The number of benzene rings is 8. The Hall–Kier alpha value is -4.30. The number of halogens is 2. The second-order valence-corrected chi connectivity index (χ2v) is 13.1. The van der Waals surface area contributed by atoms with Crippen molar-refractivity contribution in [3.8, 4) is 22.3 Å². The molecule has 0 saturated heterocycles. The van der Waals surface area contributed by atoms with Crippen LogP contribution in [0.25, 0.3) is 86.9 Å². The molecular formula is C50H42Cl2SiZr-4. The summed E-state index contributed by atoms with van der Waals surface area (Å²) in [6.45, 7) is 7.40. The molecule has 0 aliphatic rings. The first-order chi connectivity index (χ1) is 24.6. The first-order valence-electron chi connectivity index (χ1n) is 17.0. The van der Waals surface area contributed by atoms with Gasteiger partial charge in [-0.1, -0.05) is 134 Å². The average Bonchev–Trinajstić information content (AvgIpc) is 3.76. The fourth-order valence-electron chi connectivity index (χ4n) is 7.79. The molecule has 10 aromatic rings. The first-order valence-corrected chi connectivity index (χ1v) is 21.2. The summed E-state index contributed by atoms with van der Waals surface area (Å²) >= 11 is 1.36. The van der Waals surface area contributed by atoms with Crippen LogP contribution in [0.4, 0.5) is 0 Å². The minimum atomic E-state index is 0. The van der Waals surface area contributed by atoms with Crippen molar-refractivity contribution in [1.29, 1.82) is 0 Å². The van der Waals surface area contributed by atoms with Gasteiger partial charge in [-0.3, -0.25) is 0 Å². The molecule has 0 unspecified atom stereocenters. The Morgan fingerprint density at radius 1 is 0.352 bits per heavy atom. The molecule has 4 heteroatoms. The van der Waals surface area contributed by atoms with Gasteiger partial charge >= 0.3 is 30.2 Å². The van der Waals surface area contributed by atoms with E-state index in [1.807, 2.05) is 0 Å². The van der Waals surface area contributed by atoms with Crippen molar-refractivity contribution in [2.45, 2.75) is 13.8 Å². The van der Waals surface area contributed by atoms with Gasteiger partial charge in [-0.2, -0.15) is 12.1 Å². The van der Waals surface area contributed by atoms with Crippen molar-refractivity contribution in [2.75, 3.05) is 0 Å². The Labute approximate surface area is 349 Å². The number of rotatable bonds is 2. The van der Waals surface area contributed by atoms with Crippen LogP contribution < -0.4 is 0 Å². The van der Waals surface area contributed by atoms with Crippen molar-refractivity contribution in [1.82, 2.24) is 0 Å². The van der Waals surface area contributed by atoms with Crippen LogP contribution in [0.1, 0.15) is 11.1 Å². The SMILES string of the molecule is Cc1cc2c(-c3cc4ccccc4c4ccccc34)cccc2[cH-]1.Cc1cc2c(-c3cc4ccccc4c4ccccc34)cccc2[cH-]1.Cl.Cl.[CH3-].[CH3-].[Si]=[Zr]. The van der Waals surface area contributed by atoms with Crippen molar-refractivity contribution >= 4 is 96.3 Å². The van der Waals surface area contributed by atoms with Gasteiger partial charge in [0.15, 0.2) is 0 Å². The molecule has 0 fully saturated rings. The Kier molecular flexibility index (Phi) is 14.4.